The van der Waals surface area contributed by atoms with Gasteiger partial charge in [-0.15, -0.1) is 0 Å². The number of hydrogen-bond acceptors (Lipinski definition) is 4. The first-order valence-corrected chi connectivity index (χ1v) is 8.35. The van der Waals surface area contributed by atoms with E-state index in [1.54, 1.807) is 11.9 Å². The summed E-state index contributed by atoms with van der Waals surface area (Å²) < 4.78 is 8.68. The molecule has 0 heterocycles. The second-order valence-corrected chi connectivity index (χ2v) is 7.73. The van der Waals surface area contributed by atoms with Gasteiger partial charge in [-0.2, -0.15) is 0 Å². The smallest absolute Gasteiger partial charge is 0.305 e. The van der Waals surface area contributed by atoms with E-state index >= 15 is 0 Å². The molecule has 1 rings (SSSR count). The molecule has 4 heteroatoms. The van der Waals surface area contributed by atoms with Gasteiger partial charge < -0.3 is 4.74 Å². The van der Waals surface area contributed by atoms with E-state index in [0.717, 1.165) is 12.8 Å². The molecule has 21 heavy (non-hydrogen) atoms. The Kier molecular flexibility index (Phi) is 7.83. The van der Waals surface area contributed by atoms with Crippen molar-refractivity contribution in [1.82, 2.24) is 4.72 Å². The predicted molar refractivity (Wildman–Crippen MR) is 90.3 cm³/mol. The summed E-state index contributed by atoms with van der Waals surface area (Å²) in [7, 11) is 0. The Hall–Kier alpha value is -1.00. The van der Waals surface area contributed by atoms with Crippen molar-refractivity contribution < 1.29 is 9.53 Å². The molecule has 1 N–H and O–H groups in total. The van der Waals surface area contributed by atoms with Crippen LogP contribution in [0.25, 0.3) is 0 Å². The summed E-state index contributed by atoms with van der Waals surface area (Å²) in [6, 6.07) is 10.6. The first-order chi connectivity index (χ1) is 9.90. The highest BCUT2D eigenvalue weighted by molar-refractivity contribution is 7.98. The Balaban J connectivity index is 2.55. The molecule has 0 aliphatic carbocycles. The van der Waals surface area contributed by atoms with Crippen LogP contribution in [-0.2, 0) is 16.0 Å². The molecule has 0 aliphatic heterocycles. The Morgan fingerprint density at radius 2 is 1.95 bits per heavy atom. The largest absolute Gasteiger partial charge is 0.466 e. The van der Waals surface area contributed by atoms with E-state index < -0.39 is 0 Å². The molecular weight excluding hydrogens is 282 g/mol. The molecule has 3 nitrogen and oxygen atoms in total. The van der Waals surface area contributed by atoms with Crippen LogP contribution in [0, 0.1) is 0 Å². The molecule has 0 saturated carbocycles. The van der Waals surface area contributed by atoms with E-state index in [9.17, 15) is 4.79 Å². The molecule has 0 aliphatic rings. The normalized spacial score (nSPS) is 13.0. The maximum Gasteiger partial charge on any atom is 0.305 e. The summed E-state index contributed by atoms with van der Waals surface area (Å²) in [5, 5.41) is 0. The van der Waals surface area contributed by atoms with E-state index in [1.807, 2.05) is 13.0 Å². The third-order valence-electron chi connectivity index (χ3n) is 2.86. The van der Waals surface area contributed by atoms with E-state index in [2.05, 4.69) is 49.8 Å². The fourth-order valence-corrected chi connectivity index (χ4v) is 2.61. The zero-order chi connectivity index (χ0) is 15.7. The second-order valence-electron chi connectivity index (χ2n) is 6.06. The lowest BCUT2D eigenvalue weighted by molar-refractivity contribution is -0.143. The van der Waals surface area contributed by atoms with Crippen LogP contribution in [-0.4, -0.2) is 23.4 Å². The van der Waals surface area contributed by atoms with Gasteiger partial charge in [0.15, 0.2) is 0 Å². The number of carbonyl (C=O) groups is 1. The zero-order valence-electron chi connectivity index (χ0n) is 13.5. The number of nitrogens with one attached hydrogen (secondary N) is 1. The Morgan fingerprint density at radius 1 is 1.29 bits per heavy atom. The van der Waals surface area contributed by atoms with Gasteiger partial charge in [0.2, 0.25) is 0 Å². The van der Waals surface area contributed by atoms with Gasteiger partial charge in [-0.1, -0.05) is 42.3 Å². The molecule has 0 radical (unpaired) electrons. The summed E-state index contributed by atoms with van der Waals surface area (Å²) in [5.74, 6) is -0.113. The van der Waals surface area contributed by atoms with Crippen molar-refractivity contribution in [3.63, 3.8) is 0 Å². The van der Waals surface area contributed by atoms with Gasteiger partial charge in [-0.3, -0.25) is 9.52 Å². The van der Waals surface area contributed by atoms with E-state index in [0.29, 0.717) is 13.0 Å². The second kappa shape index (κ2) is 9.11. The first-order valence-electron chi connectivity index (χ1n) is 7.54. The van der Waals surface area contributed by atoms with Crippen molar-refractivity contribution in [2.24, 2.45) is 0 Å². The number of carbonyl (C=O) groups excluding carboxylic acids is 1. The third kappa shape index (κ3) is 8.79. The highest BCUT2D eigenvalue weighted by Crippen LogP contribution is 2.22. The molecule has 0 saturated heterocycles. The average Bonchev–Trinajstić information content (AvgIpc) is 2.42. The number of hydrogen-bond donors (Lipinski definition) is 1. The van der Waals surface area contributed by atoms with Gasteiger partial charge in [-0.25, -0.2) is 0 Å². The molecule has 0 aromatic heterocycles. The van der Waals surface area contributed by atoms with E-state index in [1.165, 1.54) is 5.56 Å². The van der Waals surface area contributed by atoms with Crippen LogP contribution in [0.4, 0.5) is 0 Å². The monoisotopic (exact) mass is 309 g/mol. The highest BCUT2D eigenvalue weighted by Gasteiger charge is 2.17. The van der Waals surface area contributed by atoms with Crippen molar-refractivity contribution in [1.29, 1.82) is 0 Å². The standard InChI is InChI=1S/C17H27NO2S/c1-5-20-16(19)12-11-15(18-21-17(2,3)4)13-14-9-7-6-8-10-14/h6-10,15,18H,5,11-13H2,1-4H3. The van der Waals surface area contributed by atoms with Crippen molar-refractivity contribution in [2.45, 2.75) is 57.7 Å². The lowest BCUT2D eigenvalue weighted by Crippen LogP contribution is -2.30. The van der Waals surface area contributed by atoms with Crippen LogP contribution in [0.3, 0.4) is 0 Å². The lowest BCUT2D eigenvalue weighted by atomic mass is 10.0. The van der Waals surface area contributed by atoms with Crippen LogP contribution in [0.2, 0.25) is 0 Å². The molecule has 0 amide bonds. The Labute approximate surface area is 133 Å². The van der Waals surface area contributed by atoms with Gasteiger partial charge in [0, 0.05) is 17.2 Å². The van der Waals surface area contributed by atoms with E-state index in [-0.39, 0.29) is 16.8 Å². The summed E-state index contributed by atoms with van der Waals surface area (Å²) >= 11 is 1.72. The summed E-state index contributed by atoms with van der Waals surface area (Å²) in [5.41, 5.74) is 1.29. The van der Waals surface area contributed by atoms with Gasteiger partial charge in [0.25, 0.3) is 0 Å². The van der Waals surface area contributed by atoms with Crippen LogP contribution >= 0.6 is 11.9 Å². The van der Waals surface area contributed by atoms with Gasteiger partial charge in [0.05, 0.1) is 6.61 Å². The molecular formula is C17H27NO2S. The number of ether oxygens (including phenoxy) is 1. The fourth-order valence-electron chi connectivity index (χ4n) is 1.89. The van der Waals surface area contributed by atoms with Gasteiger partial charge >= 0.3 is 5.97 Å². The Morgan fingerprint density at radius 3 is 2.52 bits per heavy atom. The SMILES string of the molecule is CCOC(=O)CCC(Cc1ccccc1)NSC(C)(C)C. The van der Waals surface area contributed by atoms with Crippen molar-refractivity contribution in [3.05, 3.63) is 35.9 Å². The molecule has 0 spiro atoms. The average molecular weight is 309 g/mol. The molecule has 1 aromatic carbocycles. The number of rotatable bonds is 8. The Bertz CT molecular complexity index is 415. The maximum atomic E-state index is 11.5. The minimum absolute atomic E-state index is 0.113. The topological polar surface area (TPSA) is 38.3 Å². The zero-order valence-corrected chi connectivity index (χ0v) is 14.3. The summed E-state index contributed by atoms with van der Waals surface area (Å²) in [6.45, 7) is 8.82. The first kappa shape index (κ1) is 18.1. The van der Waals surface area contributed by atoms with Gasteiger partial charge in [0.1, 0.15) is 0 Å². The minimum Gasteiger partial charge on any atom is -0.466 e. The van der Waals surface area contributed by atoms with Gasteiger partial charge in [-0.05, 0) is 46.1 Å². The third-order valence-corrected chi connectivity index (χ3v) is 3.92. The number of esters is 1. The quantitative estimate of drug-likeness (QED) is 0.582. The number of benzene rings is 1. The molecule has 118 valence electrons. The minimum atomic E-state index is -0.113. The van der Waals surface area contributed by atoms with Crippen molar-refractivity contribution >= 4 is 17.9 Å². The predicted octanol–water partition coefficient (Wildman–Crippen LogP) is 3.98. The van der Waals surface area contributed by atoms with Crippen LogP contribution < -0.4 is 4.72 Å². The van der Waals surface area contributed by atoms with Crippen LogP contribution in [0.1, 0.15) is 46.1 Å². The molecule has 1 atom stereocenters. The molecule has 0 fully saturated rings. The van der Waals surface area contributed by atoms with E-state index in [4.69, 9.17) is 4.74 Å². The van der Waals surface area contributed by atoms with Crippen molar-refractivity contribution in [2.75, 3.05) is 6.61 Å². The summed E-state index contributed by atoms with van der Waals surface area (Å²) in [6.07, 6.45) is 2.17. The van der Waals surface area contributed by atoms with Crippen molar-refractivity contribution in [3.8, 4) is 0 Å². The highest BCUT2D eigenvalue weighted by atomic mass is 32.2. The molecule has 1 unspecified atom stereocenters. The fraction of sp³-hybridized carbons (Fsp3) is 0.588. The van der Waals surface area contributed by atoms with Crippen LogP contribution in [0.15, 0.2) is 30.3 Å². The maximum absolute atomic E-state index is 11.5. The summed E-state index contributed by atoms with van der Waals surface area (Å²) in [4.78, 5) is 11.5. The van der Waals surface area contributed by atoms with Crippen LogP contribution in [0.5, 0.6) is 0 Å². The molecule has 1 aromatic rings. The molecule has 0 bridgehead atoms. The lowest BCUT2D eigenvalue weighted by Gasteiger charge is -2.24.